The molecule has 1 atom stereocenters. The van der Waals surface area contributed by atoms with Crippen LogP contribution in [0.25, 0.3) is 10.8 Å². The first kappa shape index (κ1) is 19.7. The number of quaternary nitrogens is 1. The first-order valence-corrected chi connectivity index (χ1v) is 9.32. The molecule has 3 aromatic rings. The third-order valence-electron chi connectivity index (χ3n) is 4.86. The minimum atomic E-state index is -0.00742. The van der Waals surface area contributed by atoms with E-state index in [2.05, 4.69) is 5.32 Å². The van der Waals surface area contributed by atoms with Crippen LogP contribution in [0.1, 0.15) is 11.1 Å². The Morgan fingerprint density at radius 2 is 1.68 bits per heavy atom. The molecule has 2 N–H and O–H groups in total. The second kappa shape index (κ2) is 8.76. The maximum absolute atomic E-state index is 12.6. The summed E-state index contributed by atoms with van der Waals surface area (Å²) >= 11 is 0. The Hall–Kier alpha value is -3.05. The van der Waals surface area contributed by atoms with E-state index in [1.165, 1.54) is 0 Å². The zero-order valence-electron chi connectivity index (χ0n) is 16.8. The number of nitrogens with one attached hydrogen (secondary N) is 2. The van der Waals surface area contributed by atoms with E-state index in [0.717, 1.165) is 44.8 Å². The van der Waals surface area contributed by atoms with E-state index in [-0.39, 0.29) is 5.91 Å². The van der Waals surface area contributed by atoms with Gasteiger partial charge in [-0.1, -0.05) is 36.4 Å². The lowest BCUT2D eigenvalue weighted by Crippen LogP contribution is -3.08. The summed E-state index contributed by atoms with van der Waals surface area (Å²) in [5, 5.41) is 5.21. The van der Waals surface area contributed by atoms with Crippen LogP contribution >= 0.6 is 0 Å². The average Bonchev–Trinajstić information content (AvgIpc) is 2.69. The SMILES string of the molecule is COc1cc(C)c(C[NH+](C)CC(=O)Nc2cccc3ccccc23)cc1OC. The molecule has 3 aromatic carbocycles. The van der Waals surface area contributed by atoms with Crippen LogP contribution in [0.15, 0.2) is 54.6 Å². The Labute approximate surface area is 165 Å². The summed E-state index contributed by atoms with van der Waals surface area (Å²) in [6.45, 7) is 3.13. The van der Waals surface area contributed by atoms with Gasteiger partial charge in [0.25, 0.3) is 5.91 Å². The molecule has 0 aliphatic heterocycles. The lowest BCUT2D eigenvalue weighted by molar-refractivity contribution is -0.885. The van der Waals surface area contributed by atoms with Gasteiger partial charge in [-0.25, -0.2) is 0 Å². The maximum atomic E-state index is 12.6. The van der Waals surface area contributed by atoms with Crippen LogP contribution < -0.4 is 19.7 Å². The van der Waals surface area contributed by atoms with E-state index in [1.807, 2.05) is 68.6 Å². The average molecular weight is 379 g/mol. The second-order valence-corrected chi connectivity index (χ2v) is 7.02. The minimum absolute atomic E-state index is 0.00742. The van der Waals surface area contributed by atoms with Crippen LogP contribution in [0.2, 0.25) is 0 Å². The van der Waals surface area contributed by atoms with E-state index < -0.39 is 0 Å². The molecule has 0 aliphatic rings. The van der Waals surface area contributed by atoms with Crippen molar-refractivity contribution in [1.82, 2.24) is 0 Å². The van der Waals surface area contributed by atoms with E-state index in [0.29, 0.717) is 12.3 Å². The van der Waals surface area contributed by atoms with Gasteiger partial charge in [-0.05, 0) is 36.1 Å². The summed E-state index contributed by atoms with van der Waals surface area (Å²) in [5.41, 5.74) is 3.10. The molecule has 0 aromatic heterocycles. The van der Waals surface area contributed by atoms with Gasteiger partial charge in [-0.15, -0.1) is 0 Å². The molecular weight excluding hydrogens is 352 g/mol. The van der Waals surface area contributed by atoms with Crippen molar-refractivity contribution < 1.29 is 19.2 Å². The fourth-order valence-corrected chi connectivity index (χ4v) is 3.40. The number of amides is 1. The summed E-state index contributed by atoms with van der Waals surface area (Å²) in [7, 11) is 5.27. The van der Waals surface area contributed by atoms with Crippen molar-refractivity contribution in [1.29, 1.82) is 0 Å². The Morgan fingerprint density at radius 1 is 1.00 bits per heavy atom. The number of benzene rings is 3. The van der Waals surface area contributed by atoms with Crippen LogP contribution in [0.5, 0.6) is 11.5 Å². The van der Waals surface area contributed by atoms with E-state index in [1.54, 1.807) is 14.2 Å². The van der Waals surface area contributed by atoms with Crippen molar-refractivity contribution >= 4 is 22.4 Å². The standard InChI is InChI=1S/C23H26N2O3/c1-16-12-21(27-3)22(28-4)13-18(16)14-25(2)15-23(26)24-20-11-7-9-17-8-5-6-10-19(17)20/h5-13H,14-15H2,1-4H3,(H,24,26)/p+1. The Bertz CT molecular complexity index is 979. The largest absolute Gasteiger partial charge is 0.493 e. The summed E-state index contributed by atoms with van der Waals surface area (Å²) < 4.78 is 10.7. The topological polar surface area (TPSA) is 52.0 Å². The van der Waals surface area contributed by atoms with E-state index in [4.69, 9.17) is 9.47 Å². The molecule has 5 nitrogen and oxygen atoms in total. The number of fused-ring (bicyclic) bond motifs is 1. The Morgan fingerprint density at radius 3 is 2.43 bits per heavy atom. The van der Waals surface area contributed by atoms with Crippen LogP contribution in [0.3, 0.4) is 0 Å². The molecule has 5 heteroatoms. The van der Waals surface area contributed by atoms with Crippen LogP contribution in [-0.2, 0) is 11.3 Å². The second-order valence-electron chi connectivity index (χ2n) is 7.02. The highest BCUT2D eigenvalue weighted by Crippen LogP contribution is 2.30. The summed E-state index contributed by atoms with van der Waals surface area (Å²) in [5.74, 6) is 1.41. The van der Waals surface area contributed by atoms with Crippen LogP contribution in [0.4, 0.5) is 5.69 Å². The first-order valence-electron chi connectivity index (χ1n) is 9.32. The molecule has 0 aliphatic carbocycles. The minimum Gasteiger partial charge on any atom is -0.493 e. The van der Waals surface area contributed by atoms with Gasteiger partial charge >= 0.3 is 0 Å². The number of carbonyl (C=O) groups excluding carboxylic acids is 1. The smallest absolute Gasteiger partial charge is 0.279 e. The number of hydrogen-bond acceptors (Lipinski definition) is 3. The van der Waals surface area contributed by atoms with Gasteiger partial charge in [0.05, 0.1) is 21.3 Å². The molecule has 0 radical (unpaired) electrons. The van der Waals surface area contributed by atoms with Gasteiger partial charge < -0.3 is 19.7 Å². The third kappa shape index (κ3) is 4.43. The lowest BCUT2D eigenvalue weighted by Gasteiger charge is -2.17. The van der Waals surface area contributed by atoms with E-state index >= 15 is 0 Å². The molecule has 3 rings (SSSR count). The summed E-state index contributed by atoms with van der Waals surface area (Å²) in [6, 6.07) is 17.9. The zero-order chi connectivity index (χ0) is 20.1. The Balaban J connectivity index is 1.68. The fraction of sp³-hybridized carbons (Fsp3) is 0.261. The van der Waals surface area contributed by atoms with Gasteiger partial charge in [0.15, 0.2) is 18.0 Å². The molecule has 1 unspecified atom stereocenters. The van der Waals surface area contributed by atoms with Crippen molar-refractivity contribution in [3.63, 3.8) is 0 Å². The van der Waals surface area contributed by atoms with Gasteiger partial charge in [0, 0.05) is 16.6 Å². The number of anilines is 1. The van der Waals surface area contributed by atoms with Gasteiger partial charge in [0.2, 0.25) is 0 Å². The number of aryl methyl sites for hydroxylation is 1. The summed E-state index contributed by atoms with van der Waals surface area (Å²) in [4.78, 5) is 13.7. The molecule has 146 valence electrons. The highest BCUT2D eigenvalue weighted by Gasteiger charge is 2.15. The van der Waals surface area contributed by atoms with Gasteiger partial charge in [-0.3, -0.25) is 4.79 Å². The predicted octanol–water partition coefficient (Wildman–Crippen LogP) is 2.82. The van der Waals surface area contributed by atoms with Crippen LogP contribution in [0, 0.1) is 6.92 Å². The molecule has 28 heavy (non-hydrogen) atoms. The highest BCUT2D eigenvalue weighted by molar-refractivity contribution is 6.02. The molecule has 0 fully saturated rings. The van der Waals surface area contributed by atoms with E-state index in [9.17, 15) is 4.79 Å². The van der Waals surface area contributed by atoms with Crippen molar-refractivity contribution in [3.8, 4) is 11.5 Å². The fourth-order valence-electron chi connectivity index (χ4n) is 3.40. The van der Waals surface area contributed by atoms with Crippen molar-refractivity contribution in [2.75, 3.05) is 33.1 Å². The number of hydrogen-bond donors (Lipinski definition) is 2. The number of rotatable bonds is 7. The van der Waals surface area contributed by atoms with Crippen molar-refractivity contribution in [2.24, 2.45) is 0 Å². The lowest BCUT2D eigenvalue weighted by atomic mass is 10.1. The normalized spacial score (nSPS) is 11.9. The number of carbonyl (C=O) groups is 1. The van der Waals surface area contributed by atoms with Crippen LogP contribution in [-0.4, -0.2) is 33.7 Å². The van der Waals surface area contributed by atoms with Crippen molar-refractivity contribution in [3.05, 3.63) is 65.7 Å². The highest BCUT2D eigenvalue weighted by atomic mass is 16.5. The third-order valence-corrected chi connectivity index (χ3v) is 4.86. The predicted molar refractivity (Wildman–Crippen MR) is 112 cm³/mol. The molecule has 0 saturated heterocycles. The quantitative estimate of drug-likeness (QED) is 0.664. The maximum Gasteiger partial charge on any atom is 0.279 e. The number of methoxy groups -OCH3 is 2. The molecule has 0 spiro atoms. The molecule has 1 amide bonds. The summed E-state index contributed by atoms with van der Waals surface area (Å²) in [6.07, 6.45) is 0. The molecule has 0 bridgehead atoms. The van der Waals surface area contributed by atoms with Gasteiger partial charge in [0.1, 0.15) is 6.54 Å². The van der Waals surface area contributed by atoms with Gasteiger partial charge in [-0.2, -0.15) is 0 Å². The first-order chi connectivity index (χ1) is 13.5. The molecular formula is C23H27N2O3+. The monoisotopic (exact) mass is 379 g/mol. The number of ether oxygens (including phenoxy) is 2. The number of likely N-dealkylation sites (N-methyl/N-ethyl adjacent to an activating group) is 1. The molecule has 0 saturated carbocycles. The zero-order valence-corrected chi connectivity index (χ0v) is 16.8. The Kier molecular flexibility index (Phi) is 6.16. The molecule has 0 heterocycles. The van der Waals surface area contributed by atoms with Crippen molar-refractivity contribution in [2.45, 2.75) is 13.5 Å².